The van der Waals surface area contributed by atoms with Crippen molar-refractivity contribution in [3.05, 3.63) is 35.9 Å². The molecule has 0 bridgehead atoms. The zero-order valence-corrected chi connectivity index (χ0v) is 13.3. The number of nitrogens with one attached hydrogen (secondary N) is 1. The number of hydrogen-bond acceptors (Lipinski definition) is 3. The molecule has 0 saturated heterocycles. The average molecular weight is 291 g/mol. The van der Waals surface area contributed by atoms with Gasteiger partial charge in [0.1, 0.15) is 0 Å². The molecule has 1 aromatic rings. The van der Waals surface area contributed by atoms with Crippen LogP contribution in [0.2, 0.25) is 0 Å². The van der Waals surface area contributed by atoms with Gasteiger partial charge in [-0.1, -0.05) is 50.1 Å². The largest absolute Gasteiger partial charge is 0.389 e. The zero-order chi connectivity index (χ0) is 15.1. The Morgan fingerprint density at radius 2 is 1.95 bits per heavy atom. The SMILES string of the molecule is CC(NCC(O)COC1CCCCC1C)c1ccccc1. The quantitative estimate of drug-likeness (QED) is 0.810. The molecule has 1 saturated carbocycles. The van der Waals surface area contributed by atoms with E-state index in [4.69, 9.17) is 4.74 Å². The summed E-state index contributed by atoms with van der Waals surface area (Å²) in [6.07, 6.45) is 4.87. The predicted molar refractivity (Wildman–Crippen MR) is 86.2 cm³/mol. The summed E-state index contributed by atoms with van der Waals surface area (Å²) in [7, 11) is 0. The van der Waals surface area contributed by atoms with Crippen LogP contribution >= 0.6 is 0 Å². The molecule has 1 aliphatic carbocycles. The molecule has 118 valence electrons. The molecule has 3 nitrogen and oxygen atoms in total. The molecule has 4 atom stereocenters. The second-order valence-corrected chi connectivity index (χ2v) is 6.33. The summed E-state index contributed by atoms with van der Waals surface area (Å²) in [4.78, 5) is 0. The molecule has 1 fully saturated rings. The van der Waals surface area contributed by atoms with Crippen LogP contribution in [-0.4, -0.2) is 30.5 Å². The third kappa shape index (κ3) is 5.42. The molecule has 4 unspecified atom stereocenters. The Balaban J connectivity index is 1.66. The van der Waals surface area contributed by atoms with Crippen LogP contribution in [0.25, 0.3) is 0 Å². The van der Waals surface area contributed by atoms with Gasteiger partial charge in [-0.3, -0.25) is 0 Å². The lowest BCUT2D eigenvalue weighted by atomic mass is 9.88. The lowest BCUT2D eigenvalue weighted by molar-refractivity contribution is -0.0455. The van der Waals surface area contributed by atoms with E-state index in [1.165, 1.54) is 24.8 Å². The zero-order valence-electron chi connectivity index (χ0n) is 13.3. The first-order valence-corrected chi connectivity index (χ1v) is 8.25. The highest BCUT2D eigenvalue weighted by atomic mass is 16.5. The van der Waals surface area contributed by atoms with Crippen molar-refractivity contribution in [3.8, 4) is 0 Å². The molecule has 21 heavy (non-hydrogen) atoms. The van der Waals surface area contributed by atoms with E-state index >= 15 is 0 Å². The van der Waals surface area contributed by atoms with Gasteiger partial charge in [0.15, 0.2) is 0 Å². The third-order valence-electron chi connectivity index (χ3n) is 4.49. The first-order valence-electron chi connectivity index (χ1n) is 8.25. The van der Waals surface area contributed by atoms with Crippen molar-refractivity contribution in [1.29, 1.82) is 0 Å². The first kappa shape index (κ1) is 16.5. The van der Waals surface area contributed by atoms with E-state index in [0.29, 0.717) is 25.2 Å². The van der Waals surface area contributed by atoms with Crippen LogP contribution < -0.4 is 5.32 Å². The van der Waals surface area contributed by atoms with Crippen molar-refractivity contribution >= 4 is 0 Å². The molecule has 1 aromatic carbocycles. The first-order chi connectivity index (χ1) is 10.2. The third-order valence-corrected chi connectivity index (χ3v) is 4.49. The minimum absolute atomic E-state index is 0.245. The number of hydrogen-bond donors (Lipinski definition) is 2. The maximum Gasteiger partial charge on any atom is 0.0898 e. The number of ether oxygens (including phenoxy) is 1. The van der Waals surface area contributed by atoms with Gasteiger partial charge in [0.2, 0.25) is 0 Å². The van der Waals surface area contributed by atoms with E-state index in [1.807, 2.05) is 18.2 Å². The summed E-state index contributed by atoms with van der Waals surface area (Å²) in [6, 6.07) is 10.5. The fourth-order valence-corrected chi connectivity index (χ4v) is 3.00. The van der Waals surface area contributed by atoms with E-state index in [0.717, 1.165) is 6.42 Å². The number of rotatable bonds is 7. The summed E-state index contributed by atoms with van der Waals surface area (Å²) in [5.74, 6) is 0.627. The molecule has 2 rings (SSSR count). The van der Waals surface area contributed by atoms with Crippen LogP contribution in [0.15, 0.2) is 30.3 Å². The van der Waals surface area contributed by atoms with Crippen LogP contribution in [0.1, 0.15) is 51.1 Å². The monoisotopic (exact) mass is 291 g/mol. The van der Waals surface area contributed by atoms with Gasteiger partial charge in [-0.25, -0.2) is 0 Å². The van der Waals surface area contributed by atoms with Crippen LogP contribution in [0, 0.1) is 5.92 Å². The van der Waals surface area contributed by atoms with E-state index < -0.39 is 6.10 Å². The number of aliphatic hydroxyl groups excluding tert-OH is 1. The average Bonchev–Trinajstić information content (AvgIpc) is 2.52. The standard InChI is InChI=1S/C18H29NO2/c1-14-8-6-7-11-18(14)21-13-17(20)12-19-15(2)16-9-4-3-5-10-16/h3-5,9-10,14-15,17-20H,6-8,11-13H2,1-2H3. The maximum absolute atomic E-state index is 10.1. The van der Waals surface area contributed by atoms with Crippen molar-refractivity contribution in [2.24, 2.45) is 5.92 Å². The van der Waals surface area contributed by atoms with Crippen molar-refractivity contribution < 1.29 is 9.84 Å². The highest BCUT2D eigenvalue weighted by Crippen LogP contribution is 2.26. The van der Waals surface area contributed by atoms with Gasteiger partial charge in [0.05, 0.1) is 18.8 Å². The highest BCUT2D eigenvalue weighted by Gasteiger charge is 2.22. The molecular weight excluding hydrogens is 262 g/mol. The second kappa shape index (κ2) is 8.52. The van der Waals surface area contributed by atoms with E-state index in [1.54, 1.807) is 0 Å². The molecule has 0 spiro atoms. The van der Waals surface area contributed by atoms with Gasteiger partial charge in [-0.15, -0.1) is 0 Å². The summed E-state index contributed by atoms with van der Waals surface area (Å²) in [6.45, 7) is 5.37. The summed E-state index contributed by atoms with van der Waals surface area (Å²) in [5.41, 5.74) is 1.24. The Morgan fingerprint density at radius 1 is 1.24 bits per heavy atom. The molecule has 0 heterocycles. The van der Waals surface area contributed by atoms with Gasteiger partial charge < -0.3 is 15.2 Å². The van der Waals surface area contributed by atoms with Crippen LogP contribution in [0.4, 0.5) is 0 Å². The molecule has 0 aliphatic heterocycles. The topological polar surface area (TPSA) is 41.5 Å². The smallest absolute Gasteiger partial charge is 0.0898 e. The molecule has 0 aromatic heterocycles. The summed E-state index contributed by atoms with van der Waals surface area (Å²) < 4.78 is 5.90. The summed E-state index contributed by atoms with van der Waals surface area (Å²) >= 11 is 0. The van der Waals surface area contributed by atoms with Gasteiger partial charge in [0.25, 0.3) is 0 Å². The van der Waals surface area contributed by atoms with Crippen molar-refractivity contribution in [2.45, 2.75) is 57.8 Å². The van der Waals surface area contributed by atoms with E-state index in [9.17, 15) is 5.11 Å². The highest BCUT2D eigenvalue weighted by molar-refractivity contribution is 5.17. The minimum atomic E-state index is -0.440. The number of benzene rings is 1. The Bertz CT molecular complexity index is 395. The normalized spacial score (nSPS) is 25.5. The fraction of sp³-hybridized carbons (Fsp3) is 0.667. The molecule has 0 radical (unpaired) electrons. The lowest BCUT2D eigenvalue weighted by Crippen LogP contribution is -2.35. The lowest BCUT2D eigenvalue weighted by Gasteiger charge is -2.29. The maximum atomic E-state index is 10.1. The minimum Gasteiger partial charge on any atom is -0.389 e. The molecule has 1 aliphatic rings. The predicted octanol–water partition coefficient (Wildman–Crippen LogP) is 3.29. The summed E-state index contributed by atoms with van der Waals surface area (Å²) in [5, 5.41) is 13.4. The van der Waals surface area contributed by atoms with E-state index in [2.05, 4.69) is 31.3 Å². The van der Waals surface area contributed by atoms with Crippen LogP contribution in [-0.2, 0) is 4.74 Å². The Morgan fingerprint density at radius 3 is 2.67 bits per heavy atom. The molecule has 0 amide bonds. The fourth-order valence-electron chi connectivity index (χ4n) is 3.00. The van der Waals surface area contributed by atoms with Gasteiger partial charge in [-0.2, -0.15) is 0 Å². The number of aliphatic hydroxyl groups is 1. The Hall–Kier alpha value is -0.900. The van der Waals surface area contributed by atoms with E-state index in [-0.39, 0.29) is 6.04 Å². The Labute approximate surface area is 128 Å². The molecular formula is C18H29NO2. The van der Waals surface area contributed by atoms with Crippen molar-refractivity contribution in [3.63, 3.8) is 0 Å². The van der Waals surface area contributed by atoms with Crippen LogP contribution in [0.3, 0.4) is 0 Å². The van der Waals surface area contributed by atoms with Gasteiger partial charge in [-0.05, 0) is 31.2 Å². The Kier molecular flexibility index (Phi) is 6.68. The van der Waals surface area contributed by atoms with Crippen molar-refractivity contribution in [1.82, 2.24) is 5.32 Å². The second-order valence-electron chi connectivity index (χ2n) is 6.33. The van der Waals surface area contributed by atoms with Crippen molar-refractivity contribution in [2.75, 3.05) is 13.2 Å². The van der Waals surface area contributed by atoms with Gasteiger partial charge >= 0.3 is 0 Å². The molecule has 2 N–H and O–H groups in total. The molecule has 3 heteroatoms. The van der Waals surface area contributed by atoms with Crippen LogP contribution in [0.5, 0.6) is 0 Å². The van der Waals surface area contributed by atoms with Gasteiger partial charge in [0, 0.05) is 12.6 Å².